The lowest BCUT2D eigenvalue weighted by Crippen LogP contribution is -2.58. The first-order chi connectivity index (χ1) is 11.9. The van der Waals surface area contributed by atoms with Crippen molar-refractivity contribution < 1.29 is 14.0 Å². The molecule has 1 aromatic heterocycles. The topological polar surface area (TPSA) is 104 Å². The van der Waals surface area contributed by atoms with Crippen LogP contribution >= 0.6 is 0 Å². The van der Waals surface area contributed by atoms with E-state index in [1.165, 1.54) is 0 Å². The summed E-state index contributed by atoms with van der Waals surface area (Å²) in [6.07, 6.45) is 1.91. The van der Waals surface area contributed by atoms with Crippen LogP contribution in [0.1, 0.15) is 27.7 Å². The quantitative estimate of drug-likeness (QED) is 0.778. The van der Waals surface area contributed by atoms with Crippen molar-refractivity contribution in [3.8, 4) is 0 Å². The van der Waals surface area contributed by atoms with Crippen molar-refractivity contribution in [3.05, 3.63) is 18.5 Å². The van der Waals surface area contributed by atoms with Gasteiger partial charge in [0.1, 0.15) is 6.10 Å². The summed E-state index contributed by atoms with van der Waals surface area (Å²) in [6, 6.07) is 1.87. The lowest BCUT2D eigenvalue weighted by Gasteiger charge is -2.47. The smallest absolute Gasteiger partial charge is 0.404 e. The van der Waals surface area contributed by atoms with Gasteiger partial charge in [-0.25, -0.2) is 4.79 Å². The summed E-state index contributed by atoms with van der Waals surface area (Å²) in [4.78, 5) is 17.6. The molecule has 0 aliphatic carbocycles. The van der Waals surface area contributed by atoms with Crippen LogP contribution in [0.25, 0.3) is 0 Å². The SMILES string of the molecule is CC1CN(c2ccncc2N)CC(OC(N)=O)C1O[Si](C)(C)C(C)(C)C. The zero-order chi connectivity index (χ0) is 19.7. The Kier molecular flexibility index (Phi) is 5.87. The van der Waals surface area contributed by atoms with E-state index >= 15 is 0 Å². The molecule has 26 heavy (non-hydrogen) atoms. The first-order valence-electron chi connectivity index (χ1n) is 9.00. The third-order valence-electron chi connectivity index (χ3n) is 5.51. The molecule has 0 spiro atoms. The summed E-state index contributed by atoms with van der Waals surface area (Å²) in [5.41, 5.74) is 12.9. The fourth-order valence-corrected chi connectivity index (χ4v) is 4.48. The number of aromatic nitrogens is 1. The number of hydrogen-bond acceptors (Lipinski definition) is 6. The van der Waals surface area contributed by atoms with Crippen LogP contribution < -0.4 is 16.4 Å². The van der Waals surface area contributed by atoms with Crippen molar-refractivity contribution in [1.82, 2.24) is 4.98 Å². The highest BCUT2D eigenvalue weighted by Gasteiger charge is 2.45. The average Bonchev–Trinajstić information content (AvgIpc) is 2.49. The molecule has 0 saturated carbocycles. The number of carbonyl (C=O) groups excluding carboxylic acids is 1. The summed E-state index contributed by atoms with van der Waals surface area (Å²) in [6.45, 7) is 14.3. The molecule has 1 aliphatic heterocycles. The standard InChI is InChI=1S/C18H32N4O3Si/c1-12-10-22(14-7-8-21-9-13(14)19)11-15(24-17(20)23)16(12)25-26(5,6)18(2,3)4/h7-9,12,15-16H,10-11,19H2,1-6H3,(H2,20,23). The molecule has 146 valence electrons. The van der Waals surface area contributed by atoms with Crippen molar-refractivity contribution in [2.75, 3.05) is 23.7 Å². The molecule has 2 heterocycles. The number of carbonyl (C=O) groups is 1. The lowest BCUT2D eigenvalue weighted by atomic mass is 9.93. The summed E-state index contributed by atoms with van der Waals surface area (Å²) >= 11 is 0. The highest BCUT2D eigenvalue weighted by molar-refractivity contribution is 6.74. The number of piperidine rings is 1. The van der Waals surface area contributed by atoms with E-state index in [9.17, 15) is 4.79 Å². The normalized spacial score (nSPS) is 24.4. The van der Waals surface area contributed by atoms with Crippen molar-refractivity contribution in [1.29, 1.82) is 0 Å². The number of hydrogen-bond donors (Lipinski definition) is 2. The van der Waals surface area contributed by atoms with Crippen LogP contribution in [-0.2, 0) is 9.16 Å². The van der Waals surface area contributed by atoms with Crippen LogP contribution in [0.15, 0.2) is 18.5 Å². The van der Waals surface area contributed by atoms with Crippen molar-refractivity contribution in [2.45, 2.75) is 58.0 Å². The van der Waals surface area contributed by atoms with Crippen LogP contribution in [-0.4, -0.2) is 44.7 Å². The predicted octanol–water partition coefficient (Wildman–Crippen LogP) is 2.97. The van der Waals surface area contributed by atoms with Gasteiger partial charge in [0, 0.05) is 18.7 Å². The van der Waals surface area contributed by atoms with Gasteiger partial charge in [0.05, 0.1) is 30.2 Å². The van der Waals surface area contributed by atoms with Crippen LogP contribution in [0.5, 0.6) is 0 Å². The molecule has 4 N–H and O–H groups in total. The number of nitrogens with zero attached hydrogens (tertiary/aromatic N) is 2. The Hall–Kier alpha value is -1.80. The van der Waals surface area contributed by atoms with E-state index in [1.807, 2.05) is 6.07 Å². The summed E-state index contributed by atoms with van der Waals surface area (Å²) in [7, 11) is -2.02. The van der Waals surface area contributed by atoms with Gasteiger partial charge in [-0.2, -0.15) is 0 Å². The molecule has 0 radical (unpaired) electrons. The highest BCUT2D eigenvalue weighted by atomic mass is 28.4. The number of anilines is 2. The van der Waals surface area contributed by atoms with Crippen molar-refractivity contribution in [3.63, 3.8) is 0 Å². The molecule has 3 unspecified atom stereocenters. The van der Waals surface area contributed by atoms with Gasteiger partial charge in [-0.3, -0.25) is 4.98 Å². The molecule has 0 bridgehead atoms. The Morgan fingerprint density at radius 1 is 1.35 bits per heavy atom. The van der Waals surface area contributed by atoms with E-state index < -0.39 is 20.5 Å². The molecule has 3 atom stereocenters. The van der Waals surface area contributed by atoms with Crippen LogP contribution in [0.3, 0.4) is 0 Å². The van der Waals surface area contributed by atoms with Crippen LogP contribution in [0.4, 0.5) is 16.2 Å². The zero-order valence-electron chi connectivity index (χ0n) is 16.7. The second-order valence-electron chi connectivity index (χ2n) is 8.63. The molecule has 1 amide bonds. The maximum Gasteiger partial charge on any atom is 0.404 e. The molecule has 1 fully saturated rings. The number of nitrogen functional groups attached to an aromatic ring is 1. The van der Waals surface area contributed by atoms with E-state index in [0.717, 1.165) is 12.2 Å². The van der Waals surface area contributed by atoms with Crippen LogP contribution in [0, 0.1) is 5.92 Å². The summed E-state index contributed by atoms with van der Waals surface area (Å²) in [5.74, 6) is 0.148. The monoisotopic (exact) mass is 380 g/mol. The largest absolute Gasteiger partial charge is 0.442 e. The molecule has 1 aromatic rings. The minimum atomic E-state index is -2.02. The molecule has 8 heteroatoms. The van der Waals surface area contributed by atoms with Gasteiger partial charge >= 0.3 is 6.09 Å². The second-order valence-corrected chi connectivity index (χ2v) is 13.4. The summed E-state index contributed by atoms with van der Waals surface area (Å²) < 4.78 is 12.1. The third kappa shape index (κ3) is 4.48. The van der Waals surface area contributed by atoms with E-state index in [1.54, 1.807) is 12.4 Å². The fourth-order valence-electron chi connectivity index (χ4n) is 3.06. The Labute approximate surface area is 157 Å². The van der Waals surface area contributed by atoms with Gasteiger partial charge in [-0.1, -0.05) is 27.7 Å². The lowest BCUT2D eigenvalue weighted by molar-refractivity contribution is -0.0211. The van der Waals surface area contributed by atoms with Crippen molar-refractivity contribution >= 4 is 25.8 Å². The fraction of sp³-hybridized carbons (Fsp3) is 0.667. The second kappa shape index (κ2) is 7.44. The number of ether oxygens (including phenoxy) is 1. The molecule has 1 aliphatic rings. The molecular weight excluding hydrogens is 348 g/mol. The average molecular weight is 381 g/mol. The first-order valence-corrected chi connectivity index (χ1v) is 11.9. The number of pyridine rings is 1. The van der Waals surface area contributed by atoms with Gasteiger partial charge in [0.2, 0.25) is 0 Å². The Balaban J connectivity index is 2.27. The highest BCUT2D eigenvalue weighted by Crippen LogP contribution is 2.40. The number of amides is 1. The van der Waals surface area contributed by atoms with Crippen LogP contribution in [0.2, 0.25) is 18.1 Å². The molecule has 2 rings (SSSR count). The minimum absolute atomic E-state index is 0.0661. The van der Waals surface area contributed by atoms with E-state index in [2.05, 4.69) is 50.7 Å². The van der Waals surface area contributed by atoms with Gasteiger partial charge in [-0.05, 0) is 24.2 Å². The predicted molar refractivity (Wildman–Crippen MR) is 107 cm³/mol. The molecule has 7 nitrogen and oxygen atoms in total. The molecule has 1 saturated heterocycles. The van der Waals surface area contributed by atoms with E-state index in [-0.39, 0.29) is 17.1 Å². The van der Waals surface area contributed by atoms with Gasteiger partial charge in [0.15, 0.2) is 8.32 Å². The van der Waals surface area contributed by atoms with E-state index in [4.69, 9.17) is 20.6 Å². The van der Waals surface area contributed by atoms with Gasteiger partial charge in [-0.15, -0.1) is 0 Å². The van der Waals surface area contributed by atoms with Gasteiger partial charge in [0.25, 0.3) is 0 Å². The Morgan fingerprint density at radius 3 is 2.54 bits per heavy atom. The molecule has 0 aromatic carbocycles. The van der Waals surface area contributed by atoms with Crippen molar-refractivity contribution in [2.24, 2.45) is 11.7 Å². The van der Waals surface area contributed by atoms with Gasteiger partial charge < -0.3 is 25.5 Å². The maximum absolute atomic E-state index is 11.5. The Bertz CT molecular complexity index is 648. The minimum Gasteiger partial charge on any atom is -0.442 e. The molecular formula is C18H32N4O3Si. The van der Waals surface area contributed by atoms with E-state index in [0.29, 0.717) is 12.2 Å². The summed E-state index contributed by atoms with van der Waals surface area (Å²) in [5, 5.41) is 0.0661. The first kappa shape index (κ1) is 20.5. The number of rotatable bonds is 4. The zero-order valence-corrected chi connectivity index (χ0v) is 17.7. The number of nitrogens with two attached hydrogens (primary N) is 2. The maximum atomic E-state index is 11.5. The Morgan fingerprint density at radius 2 is 2.00 bits per heavy atom. The number of primary amides is 1. The third-order valence-corrected chi connectivity index (χ3v) is 9.98.